The Bertz CT molecular complexity index is 571. The van der Waals surface area contributed by atoms with Gasteiger partial charge in [0.15, 0.2) is 0 Å². The highest BCUT2D eigenvalue weighted by atomic mass is 79.9. The number of aromatic nitrogens is 1. The standard InChI is InChI=1S/C12H11BrCl2N2S/c1-6-12(18-5-16-6)7(2)17-9-4-3-8(13)10(14)11(9)15/h3-5,7,17H,1-2H3. The van der Waals surface area contributed by atoms with Crippen LogP contribution in [0.5, 0.6) is 0 Å². The first-order valence-electron chi connectivity index (χ1n) is 5.30. The van der Waals surface area contributed by atoms with Crippen LogP contribution in [0.3, 0.4) is 0 Å². The summed E-state index contributed by atoms with van der Waals surface area (Å²) in [6, 6.07) is 3.93. The SMILES string of the molecule is Cc1ncsc1C(C)Nc1ccc(Br)c(Cl)c1Cl. The van der Waals surface area contributed by atoms with Crippen molar-refractivity contribution in [1.29, 1.82) is 0 Å². The van der Waals surface area contributed by atoms with Crippen molar-refractivity contribution in [3.05, 3.63) is 42.7 Å². The largest absolute Gasteiger partial charge is 0.376 e. The fraction of sp³-hybridized carbons (Fsp3) is 0.250. The smallest absolute Gasteiger partial charge is 0.0835 e. The molecule has 96 valence electrons. The third kappa shape index (κ3) is 2.82. The van der Waals surface area contributed by atoms with E-state index in [9.17, 15) is 0 Å². The lowest BCUT2D eigenvalue weighted by Crippen LogP contribution is -2.06. The normalized spacial score (nSPS) is 12.5. The molecule has 0 bridgehead atoms. The summed E-state index contributed by atoms with van der Waals surface area (Å²) in [6.07, 6.45) is 0. The molecule has 2 aromatic rings. The van der Waals surface area contributed by atoms with Crippen LogP contribution in [-0.2, 0) is 0 Å². The third-order valence-corrected chi connectivity index (χ3v) is 5.47. The van der Waals surface area contributed by atoms with Crippen LogP contribution in [0.4, 0.5) is 5.69 Å². The van der Waals surface area contributed by atoms with Crippen molar-refractivity contribution in [3.63, 3.8) is 0 Å². The molecular formula is C12H11BrCl2N2S. The molecule has 0 radical (unpaired) electrons. The molecule has 0 saturated carbocycles. The zero-order valence-corrected chi connectivity index (χ0v) is 13.7. The molecule has 0 aliphatic heterocycles. The van der Waals surface area contributed by atoms with Gasteiger partial charge in [0.05, 0.1) is 33.0 Å². The van der Waals surface area contributed by atoms with Gasteiger partial charge in [0.1, 0.15) is 0 Å². The zero-order chi connectivity index (χ0) is 13.3. The fourth-order valence-corrected chi connectivity index (χ4v) is 3.30. The van der Waals surface area contributed by atoms with Gasteiger partial charge in [0.2, 0.25) is 0 Å². The minimum Gasteiger partial charge on any atom is -0.376 e. The highest BCUT2D eigenvalue weighted by Gasteiger charge is 2.14. The number of hydrogen-bond acceptors (Lipinski definition) is 3. The summed E-state index contributed by atoms with van der Waals surface area (Å²) in [6.45, 7) is 4.08. The van der Waals surface area contributed by atoms with Crippen LogP contribution in [0.25, 0.3) is 0 Å². The maximum atomic E-state index is 6.21. The third-order valence-electron chi connectivity index (χ3n) is 2.58. The number of benzene rings is 1. The second-order valence-electron chi connectivity index (χ2n) is 3.89. The van der Waals surface area contributed by atoms with Crippen molar-refractivity contribution in [2.45, 2.75) is 19.9 Å². The van der Waals surface area contributed by atoms with Crippen molar-refractivity contribution in [1.82, 2.24) is 4.98 Å². The van der Waals surface area contributed by atoms with Gasteiger partial charge in [-0.1, -0.05) is 23.2 Å². The summed E-state index contributed by atoms with van der Waals surface area (Å²) in [5.41, 5.74) is 3.71. The van der Waals surface area contributed by atoms with Gasteiger partial charge in [-0.3, -0.25) is 0 Å². The Balaban J connectivity index is 2.25. The molecule has 0 saturated heterocycles. The van der Waals surface area contributed by atoms with E-state index in [1.807, 2.05) is 24.6 Å². The summed E-state index contributed by atoms with van der Waals surface area (Å²) in [4.78, 5) is 5.44. The van der Waals surface area contributed by atoms with E-state index < -0.39 is 0 Å². The summed E-state index contributed by atoms with van der Waals surface area (Å²) < 4.78 is 0.793. The lowest BCUT2D eigenvalue weighted by Gasteiger charge is -2.16. The number of nitrogens with one attached hydrogen (secondary N) is 1. The molecule has 0 aliphatic carbocycles. The summed E-state index contributed by atoms with van der Waals surface area (Å²) in [5, 5.41) is 4.41. The molecule has 1 atom stereocenters. The van der Waals surface area contributed by atoms with E-state index in [0.717, 1.165) is 15.9 Å². The van der Waals surface area contributed by atoms with Crippen LogP contribution in [0.1, 0.15) is 23.5 Å². The number of hydrogen-bond donors (Lipinski definition) is 1. The van der Waals surface area contributed by atoms with Crippen LogP contribution in [0, 0.1) is 6.92 Å². The maximum Gasteiger partial charge on any atom is 0.0835 e. The molecule has 6 heteroatoms. The average Bonchev–Trinajstić information content (AvgIpc) is 2.76. The highest BCUT2D eigenvalue weighted by molar-refractivity contribution is 9.10. The predicted octanol–water partition coefficient (Wildman–Crippen LogP) is 5.69. The minimum absolute atomic E-state index is 0.146. The van der Waals surface area contributed by atoms with E-state index in [0.29, 0.717) is 10.0 Å². The molecule has 2 rings (SSSR count). The number of thiazole rings is 1. The van der Waals surface area contributed by atoms with Gasteiger partial charge in [-0.05, 0) is 41.9 Å². The summed E-state index contributed by atoms with van der Waals surface area (Å²) >= 11 is 17.3. The Kier molecular flexibility index (Phi) is 4.54. The Morgan fingerprint density at radius 1 is 1.33 bits per heavy atom. The number of aryl methyl sites for hydroxylation is 1. The Morgan fingerprint density at radius 3 is 2.67 bits per heavy atom. The van der Waals surface area contributed by atoms with E-state index in [4.69, 9.17) is 23.2 Å². The minimum atomic E-state index is 0.146. The molecular weight excluding hydrogens is 355 g/mol. The number of rotatable bonds is 3. The van der Waals surface area contributed by atoms with Crippen molar-refractivity contribution < 1.29 is 0 Å². The molecule has 1 N–H and O–H groups in total. The van der Waals surface area contributed by atoms with Gasteiger partial charge in [-0.25, -0.2) is 4.98 Å². The van der Waals surface area contributed by atoms with Gasteiger partial charge >= 0.3 is 0 Å². The van der Waals surface area contributed by atoms with Gasteiger partial charge in [-0.2, -0.15) is 0 Å². The van der Waals surface area contributed by atoms with Crippen molar-refractivity contribution in [3.8, 4) is 0 Å². The first-order chi connectivity index (χ1) is 8.50. The monoisotopic (exact) mass is 364 g/mol. The number of nitrogens with zero attached hydrogens (tertiary/aromatic N) is 1. The summed E-state index contributed by atoms with van der Waals surface area (Å²) in [5.74, 6) is 0. The molecule has 1 aromatic heterocycles. The molecule has 1 unspecified atom stereocenters. The van der Waals surface area contributed by atoms with Crippen molar-refractivity contribution >= 4 is 56.2 Å². The highest BCUT2D eigenvalue weighted by Crippen LogP contribution is 2.37. The van der Waals surface area contributed by atoms with E-state index in [1.54, 1.807) is 11.3 Å². The molecule has 0 spiro atoms. The number of halogens is 3. The zero-order valence-electron chi connectivity index (χ0n) is 9.80. The molecule has 2 nitrogen and oxygen atoms in total. The van der Waals surface area contributed by atoms with Crippen LogP contribution in [0.2, 0.25) is 10.0 Å². The van der Waals surface area contributed by atoms with E-state index in [2.05, 4.69) is 33.2 Å². The molecule has 0 fully saturated rings. The van der Waals surface area contributed by atoms with Crippen LogP contribution in [-0.4, -0.2) is 4.98 Å². The molecule has 18 heavy (non-hydrogen) atoms. The van der Waals surface area contributed by atoms with Crippen molar-refractivity contribution in [2.75, 3.05) is 5.32 Å². The second kappa shape index (κ2) is 5.78. The fourth-order valence-electron chi connectivity index (χ4n) is 1.66. The van der Waals surface area contributed by atoms with E-state index in [-0.39, 0.29) is 6.04 Å². The Morgan fingerprint density at radius 2 is 2.06 bits per heavy atom. The molecule has 1 aromatic carbocycles. The summed E-state index contributed by atoms with van der Waals surface area (Å²) in [7, 11) is 0. The Labute approximate surface area is 128 Å². The lowest BCUT2D eigenvalue weighted by atomic mass is 10.2. The lowest BCUT2D eigenvalue weighted by molar-refractivity contribution is 0.890. The predicted molar refractivity (Wildman–Crippen MR) is 83.1 cm³/mol. The van der Waals surface area contributed by atoms with Crippen molar-refractivity contribution in [2.24, 2.45) is 0 Å². The quantitative estimate of drug-likeness (QED) is 0.706. The van der Waals surface area contributed by atoms with Gasteiger partial charge < -0.3 is 5.32 Å². The second-order valence-corrected chi connectivity index (χ2v) is 6.39. The maximum absolute atomic E-state index is 6.21. The van der Waals surface area contributed by atoms with E-state index in [1.165, 1.54) is 4.88 Å². The Hall–Kier alpha value is -0.290. The first kappa shape index (κ1) is 14.1. The topological polar surface area (TPSA) is 24.9 Å². The van der Waals surface area contributed by atoms with Gasteiger partial charge in [-0.15, -0.1) is 11.3 Å². The van der Waals surface area contributed by atoms with Crippen LogP contribution >= 0.6 is 50.5 Å². The molecule has 1 heterocycles. The van der Waals surface area contributed by atoms with Gasteiger partial charge in [0.25, 0.3) is 0 Å². The molecule has 0 amide bonds. The van der Waals surface area contributed by atoms with Crippen LogP contribution in [0.15, 0.2) is 22.1 Å². The number of anilines is 1. The molecule has 0 aliphatic rings. The van der Waals surface area contributed by atoms with Crippen LogP contribution < -0.4 is 5.32 Å². The van der Waals surface area contributed by atoms with E-state index >= 15 is 0 Å². The average molecular weight is 366 g/mol. The first-order valence-corrected chi connectivity index (χ1v) is 7.73. The van der Waals surface area contributed by atoms with Gasteiger partial charge in [0, 0.05) is 9.35 Å².